The van der Waals surface area contributed by atoms with Crippen molar-refractivity contribution >= 4 is 28.7 Å². The third-order valence-electron chi connectivity index (χ3n) is 4.39. The Hall–Kier alpha value is -2.31. The van der Waals surface area contributed by atoms with E-state index in [0.29, 0.717) is 25.4 Å². The van der Waals surface area contributed by atoms with Gasteiger partial charge in [-0.15, -0.1) is 0 Å². The molecule has 3 rings (SSSR count). The highest BCUT2D eigenvalue weighted by molar-refractivity contribution is 7.99. The summed E-state index contributed by atoms with van der Waals surface area (Å²) in [7, 11) is 1.66. The number of rotatable bonds is 9. The number of amides is 1. The molecule has 1 heterocycles. The second kappa shape index (κ2) is 9.58. The van der Waals surface area contributed by atoms with Crippen molar-refractivity contribution in [1.82, 2.24) is 14.5 Å². The summed E-state index contributed by atoms with van der Waals surface area (Å²) < 4.78 is 7.34. The van der Waals surface area contributed by atoms with E-state index in [1.165, 1.54) is 11.8 Å². The van der Waals surface area contributed by atoms with Gasteiger partial charge >= 0.3 is 0 Å². The molecule has 3 aromatic rings. The van der Waals surface area contributed by atoms with Gasteiger partial charge in [-0.05, 0) is 24.6 Å². The van der Waals surface area contributed by atoms with E-state index in [2.05, 4.69) is 17.6 Å². The van der Waals surface area contributed by atoms with Crippen molar-refractivity contribution in [2.75, 3.05) is 26.0 Å². The molecule has 0 fully saturated rings. The van der Waals surface area contributed by atoms with Gasteiger partial charge in [0.25, 0.3) is 0 Å². The van der Waals surface area contributed by atoms with E-state index in [-0.39, 0.29) is 5.91 Å². The van der Waals surface area contributed by atoms with Gasteiger partial charge < -0.3 is 14.2 Å². The van der Waals surface area contributed by atoms with Crippen LogP contribution in [0.4, 0.5) is 0 Å². The van der Waals surface area contributed by atoms with Crippen molar-refractivity contribution in [3.05, 3.63) is 60.2 Å². The van der Waals surface area contributed by atoms with E-state index >= 15 is 0 Å². The second-order valence-electron chi connectivity index (χ2n) is 6.21. The molecule has 0 aliphatic carbocycles. The monoisotopic (exact) mass is 383 g/mol. The Morgan fingerprint density at radius 1 is 1.15 bits per heavy atom. The Bertz CT molecular complexity index is 880. The average Bonchev–Trinajstić information content (AvgIpc) is 3.07. The maximum Gasteiger partial charge on any atom is 0.233 e. The van der Waals surface area contributed by atoms with E-state index in [1.807, 2.05) is 53.4 Å². The van der Waals surface area contributed by atoms with Crippen LogP contribution >= 0.6 is 11.8 Å². The first kappa shape index (κ1) is 19.5. The van der Waals surface area contributed by atoms with Crippen LogP contribution in [0.5, 0.6) is 0 Å². The fourth-order valence-corrected chi connectivity index (χ4v) is 3.97. The van der Waals surface area contributed by atoms with E-state index in [4.69, 9.17) is 9.72 Å². The molecule has 6 heteroatoms. The molecule has 0 unspecified atom stereocenters. The molecule has 0 spiro atoms. The topological polar surface area (TPSA) is 47.4 Å². The van der Waals surface area contributed by atoms with Crippen LogP contribution in [0.15, 0.2) is 59.8 Å². The SMILES string of the molecule is CCn1c(SCC(=O)N(CCOC)Cc2ccccc2)nc2ccccc21. The van der Waals surface area contributed by atoms with Crippen molar-refractivity contribution in [3.8, 4) is 0 Å². The number of carbonyl (C=O) groups is 1. The molecule has 0 bridgehead atoms. The first-order chi connectivity index (χ1) is 13.2. The number of nitrogens with zero attached hydrogens (tertiary/aromatic N) is 3. The van der Waals surface area contributed by atoms with Gasteiger partial charge in [-0.3, -0.25) is 4.79 Å². The van der Waals surface area contributed by atoms with Gasteiger partial charge in [-0.1, -0.05) is 54.2 Å². The number of methoxy groups -OCH3 is 1. The van der Waals surface area contributed by atoms with Crippen molar-refractivity contribution in [2.45, 2.75) is 25.2 Å². The van der Waals surface area contributed by atoms with Crippen LogP contribution in [0.25, 0.3) is 11.0 Å². The summed E-state index contributed by atoms with van der Waals surface area (Å²) in [6.07, 6.45) is 0. The van der Waals surface area contributed by atoms with Crippen molar-refractivity contribution in [3.63, 3.8) is 0 Å². The third-order valence-corrected chi connectivity index (χ3v) is 5.36. The fraction of sp³-hybridized carbons (Fsp3) is 0.333. The smallest absolute Gasteiger partial charge is 0.233 e. The Morgan fingerprint density at radius 2 is 1.89 bits per heavy atom. The van der Waals surface area contributed by atoms with E-state index in [0.717, 1.165) is 28.3 Å². The minimum Gasteiger partial charge on any atom is -0.383 e. The summed E-state index contributed by atoms with van der Waals surface area (Å²) in [6, 6.07) is 18.1. The van der Waals surface area contributed by atoms with Crippen LogP contribution in [0.2, 0.25) is 0 Å². The molecule has 0 N–H and O–H groups in total. The zero-order valence-electron chi connectivity index (χ0n) is 15.8. The standard InChI is InChI=1S/C21H25N3O2S/c1-3-24-19-12-8-7-11-18(19)22-21(24)27-16-20(25)23(13-14-26-2)15-17-9-5-4-6-10-17/h4-12H,3,13-16H2,1-2H3. The van der Waals surface area contributed by atoms with E-state index in [9.17, 15) is 4.79 Å². The Labute approximate surface area is 164 Å². The minimum absolute atomic E-state index is 0.0932. The van der Waals surface area contributed by atoms with Gasteiger partial charge in [-0.2, -0.15) is 0 Å². The predicted molar refractivity (Wildman–Crippen MR) is 110 cm³/mol. The number of para-hydroxylation sites is 2. The summed E-state index contributed by atoms with van der Waals surface area (Å²) in [4.78, 5) is 19.4. The molecule has 0 atom stereocenters. The number of carbonyl (C=O) groups excluding carboxylic acids is 1. The highest BCUT2D eigenvalue weighted by Crippen LogP contribution is 2.24. The molecule has 0 aliphatic heterocycles. The lowest BCUT2D eigenvalue weighted by atomic mass is 10.2. The zero-order valence-corrected chi connectivity index (χ0v) is 16.6. The molecule has 0 aliphatic rings. The third kappa shape index (κ3) is 4.90. The highest BCUT2D eigenvalue weighted by Gasteiger charge is 2.17. The van der Waals surface area contributed by atoms with Gasteiger partial charge in [0.1, 0.15) is 0 Å². The number of aromatic nitrogens is 2. The average molecular weight is 384 g/mol. The molecule has 142 valence electrons. The molecule has 2 aromatic carbocycles. The quantitative estimate of drug-likeness (QED) is 0.527. The number of ether oxygens (including phenoxy) is 1. The van der Waals surface area contributed by atoms with Crippen LogP contribution in [0, 0.1) is 0 Å². The van der Waals surface area contributed by atoms with Gasteiger partial charge in [-0.25, -0.2) is 4.98 Å². The first-order valence-electron chi connectivity index (χ1n) is 9.11. The fourth-order valence-electron chi connectivity index (χ4n) is 2.98. The summed E-state index contributed by atoms with van der Waals surface area (Å²) in [5.41, 5.74) is 3.19. The number of hydrogen-bond acceptors (Lipinski definition) is 4. The molecule has 27 heavy (non-hydrogen) atoms. The number of imidazole rings is 1. The lowest BCUT2D eigenvalue weighted by Crippen LogP contribution is -2.34. The summed E-state index contributed by atoms with van der Waals surface area (Å²) in [5.74, 6) is 0.454. The van der Waals surface area contributed by atoms with E-state index < -0.39 is 0 Å². The number of benzene rings is 2. The number of fused-ring (bicyclic) bond motifs is 1. The number of aryl methyl sites for hydroxylation is 1. The van der Waals surface area contributed by atoms with Gasteiger partial charge in [0, 0.05) is 26.7 Å². The second-order valence-corrected chi connectivity index (χ2v) is 7.15. The number of thioether (sulfide) groups is 1. The summed E-state index contributed by atoms with van der Waals surface area (Å²) in [5, 5.41) is 0.887. The van der Waals surface area contributed by atoms with Crippen molar-refractivity contribution in [2.24, 2.45) is 0 Å². The van der Waals surface area contributed by atoms with Crippen molar-refractivity contribution < 1.29 is 9.53 Å². The largest absolute Gasteiger partial charge is 0.383 e. The van der Waals surface area contributed by atoms with Crippen LogP contribution < -0.4 is 0 Å². The minimum atomic E-state index is 0.0932. The Balaban J connectivity index is 1.70. The van der Waals surface area contributed by atoms with Gasteiger partial charge in [0.05, 0.1) is 23.4 Å². The van der Waals surface area contributed by atoms with Crippen LogP contribution in [-0.4, -0.2) is 46.4 Å². The summed E-state index contributed by atoms with van der Waals surface area (Å²) >= 11 is 1.50. The zero-order chi connectivity index (χ0) is 19.1. The van der Waals surface area contributed by atoms with E-state index in [1.54, 1.807) is 7.11 Å². The molecular weight excluding hydrogens is 358 g/mol. The molecule has 0 saturated heterocycles. The van der Waals surface area contributed by atoms with Crippen LogP contribution in [-0.2, 0) is 22.6 Å². The van der Waals surface area contributed by atoms with Crippen molar-refractivity contribution in [1.29, 1.82) is 0 Å². The Kier molecular flexibility index (Phi) is 6.90. The molecule has 1 aromatic heterocycles. The molecule has 0 saturated carbocycles. The lowest BCUT2D eigenvalue weighted by Gasteiger charge is -2.22. The highest BCUT2D eigenvalue weighted by atomic mass is 32.2. The molecule has 1 amide bonds. The number of hydrogen-bond donors (Lipinski definition) is 0. The molecule has 5 nitrogen and oxygen atoms in total. The lowest BCUT2D eigenvalue weighted by molar-refractivity contribution is -0.129. The van der Waals surface area contributed by atoms with Gasteiger partial charge in [0.2, 0.25) is 5.91 Å². The summed E-state index contributed by atoms with van der Waals surface area (Å²) in [6.45, 7) is 4.62. The molecule has 0 radical (unpaired) electrons. The Morgan fingerprint density at radius 3 is 2.63 bits per heavy atom. The maximum absolute atomic E-state index is 12.9. The normalized spacial score (nSPS) is 11.0. The predicted octanol–water partition coefficient (Wildman–Crippen LogP) is 3.82. The first-order valence-corrected chi connectivity index (χ1v) is 10.1. The van der Waals surface area contributed by atoms with Crippen LogP contribution in [0.3, 0.4) is 0 Å². The van der Waals surface area contributed by atoms with Gasteiger partial charge in [0.15, 0.2) is 5.16 Å². The maximum atomic E-state index is 12.9. The van der Waals surface area contributed by atoms with Crippen LogP contribution in [0.1, 0.15) is 12.5 Å². The molecular formula is C21H25N3O2S.